The van der Waals surface area contributed by atoms with Crippen molar-refractivity contribution in [1.29, 1.82) is 0 Å². The summed E-state index contributed by atoms with van der Waals surface area (Å²) in [5.74, 6) is -0.982. The lowest BCUT2D eigenvalue weighted by molar-refractivity contribution is -0.151. The second-order valence-corrected chi connectivity index (χ2v) is 4.88. The van der Waals surface area contributed by atoms with Gasteiger partial charge in [0.2, 0.25) is 0 Å². The van der Waals surface area contributed by atoms with Gasteiger partial charge in [0, 0.05) is 11.1 Å². The average Bonchev–Trinajstić information content (AvgIpc) is 3.04. The minimum atomic E-state index is -0.982. The Bertz CT molecular complexity index is 560. The lowest BCUT2D eigenvalue weighted by Crippen LogP contribution is -2.21. The van der Waals surface area contributed by atoms with E-state index in [1.54, 1.807) is 22.2 Å². The maximum atomic E-state index is 10.6. The molecule has 2 aromatic heterocycles. The molecule has 6 heteroatoms. The summed E-state index contributed by atoms with van der Waals surface area (Å²) < 4.78 is 6.70. The third-order valence-corrected chi connectivity index (χ3v) is 3.26. The van der Waals surface area contributed by atoms with Gasteiger partial charge in [0.1, 0.15) is 6.73 Å². The van der Waals surface area contributed by atoms with E-state index in [0.717, 1.165) is 10.6 Å². The number of aromatic nitrogens is 2. The Hall–Kier alpha value is -1.92. The molecule has 2 aromatic rings. The number of rotatable bonds is 6. The highest BCUT2D eigenvalue weighted by Crippen LogP contribution is 2.12. The number of carbonyl (C=O) groups is 1. The van der Waals surface area contributed by atoms with Gasteiger partial charge in [-0.2, -0.15) is 5.10 Å². The number of ether oxygens (including phenoxy) is 1. The predicted molar refractivity (Wildman–Crippen MR) is 73.7 cm³/mol. The summed E-state index contributed by atoms with van der Waals surface area (Å²) in [6, 6.07) is 5.86. The van der Waals surface area contributed by atoms with Gasteiger partial charge in [0.15, 0.2) is 6.10 Å². The second kappa shape index (κ2) is 6.31. The van der Waals surface area contributed by atoms with E-state index >= 15 is 0 Å². The highest BCUT2D eigenvalue weighted by atomic mass is 32.1. The van der Waals surface area contributed by atoms with Crippen LogP contribution in [0, 0.1) is 0 Å². The molecule has 0 spiro atoms. The molecule has 100 valence electrons. The van der Waals surface area contributed by atoms with Crippen molar-refractivity contribution < 1.29 is 14.6 Å². The van der Waals surface area contributed by atoms with Crippen LogP contribution in [0.15, 0.2) is 29.8 Å². The zero-order chi connectivity index (χ0) is 13.7. The van der Waals surface area contributed by atoms with Crippen LogP contribution in [-0.4, -0.2) is 27.0 Å². The first-order valence-electron chi connectivity index (χ1n) is 5.74. The Kier molecular flexibility index (Phi) is 4.48. The molecule has 0 bridgehead atoms. The highest BCUT2D eigenvalue weighted by Gasteiger charge is 2.10. The fourth-order valence-corrected chi connectivity index (χ4v) is 1.97. The van der Waals surface area contributed by atoms with Gasteiger partial charge in [0.25, 0.3) is 0 Å². The van der Waals surface area contributed by atoms with E-state index in [1.807, 2.05) is 35.7 Å². The summed E-state index contributed by atoms with van der Waals surface area (Å²) in [5, 5.41) is 15.0. The summed E-state index contributed by atoms with van der Waals surface area (Å²) in [6.45, 7) is 1.61. The molecule has 1 unspecified atom stereocenters. The van der Waals surface area contributed by atoms with Crippen LogP contribution in [0.4, 0.5) is 0 Å². The lowest BCUT2D eigenvalue weighted by atomic mass is 10.3. The van der Waals surface area contributed by atoms with Gasteiger partial charge in [-0.25, -0.2) is 9.48 Å². The maximum Gasteiger partial charge on any atom is 0.332 e. The molecule has 0 saturated heterocycles. The molecule has 0 aliphatic rings. The number of nitrogens with zero attached hydrogens (tertiary/aromatic N) is 2. The zero-order valence-electron chi connectivity index (χ0n) is 10.4. The normalized spacial score (nSPS) is 12.9. The van der Waals surface area contributed by atoms with Crippen LogP contribution in [0.25, 0.3) is 12.2 Å². The summed E-state index contributed by atoms with van der Waals surface area (Å²) in [7, 11) is 0. The fourth-order valence-electron chi connectivity index (χ4n) is 1.35. The summed E-state index contributed by atoms with van der Waals surface area (Å²) in [4.78, 5) is 11.8. The molecule has 5 nitrogen and oxygen atoms in total. The van der Waals surface area contributed by atoms with Crippen LogP contribution in [0.2, 0.25) is 0 Å². The van der Waals surface area contributed by atoms with E-state index in [0.29, 0.717) is 0 Å². The number of aliphatic carboxylic acids is 1. The third-order valence-electron chi connectivity index (χ3n) is 2.43. The standard InChI is InChI=1S/C13H14N2O3S/c1-10(13(16)17)18-9-15-7-6-11(14-15)4-5-12-3-2-8-19-12/h2-8,10H,9H2,1H3,(H,16,17)/b5-4+. The Labute approximate surface area is 114 Å². The molecule has 1 N–H and O–H groups in total. The van der Waals surface area contributed by atoms with Crippen molar-refractivity contribution in [2.24, 2.45) is 0 Å². The largest absolute Gasteiger partial charge is 0.479 e. The molecule has 0 aliphatic heterocycles. The van der Waals surface area contributed by atoms with E-state index in [9.17, 15) is 4.79 Å². The van der Waals surface area contributed by atoms with E-state index < -0.39 is 12.1 Å². The van der Waals surface area contributed by atoms with Crippen LogP contribution in [0.3, 0.4) is 0 Å². The topological polar surface area (TPSA) is 64.4 Å². The van der Waals surface area contributed by atoms with Crippen molar-refractivity contribution >= 4 is 29.5 Å². The van der Waals surface area contributed by atoms with Crippen molar-refractivity contribution in [2.75, 3.05) is 0 Å². The van der Waals surface area contributed by atoms with Crippen molar-refractivity contribution in [2.45, 2.75) is 19.8 Å². The number of carboxylic acids is 1. The average molecular weight is 278 g/mol. The van der Waals surface area contributed by atoms with Crippen LogP contribution in [0.5, 0.6) is 0 Å². The number of hydrogen-bond donors (Lipinski definition) is 1. The molecular weight excluding hydrogens is 264 g/mol. The zero-order valence-corrected chi connectivity index (χ0v) is 11.2. The molecule has 1 atom stereocenters. The van der Waals surface area contributed by atoms with Crippen LogP contribution < -0.4 is 0 Å². The first-order chi connectivity index (χ1) is 9.15. The van der Waals surface area contributed by atoms with Gasteiger partial charge < -0.3 is 9.84 Å². The molecule has 19 heavy (non-hydrogen) atoms. The Balaban J connectivity index is 1.90. The second-order valence-electron chi connectivity index (χ2n) is 3.91. The number of hydrogen-bond acceptors (Lipinski definition) is 4. The minimum absolute atomic E-state index is 0.125. The lowest BCUT2D eigenvalue weighted by Gasteiger charge is -2.07. The first-order valence-corrected chi connectivity index (χ1v) is 6.62. The first kappa shape index (κ1) is 13.5. The van der Waals surface area contributed by atoms with Crippen LogP contribution in [0.1, 0.15) is 17.5 Å². The maximum absolute atomic E-state index is 10.6. The molecule has 2 rings (SSSR count). The third kappa shape index (κ3) is 4.04. The molecule has 0 aliphatic carbocycles. The van der Waals surface area contributed by atoms with Crippen molar-refractivity contribution in [1.82, 2.24) is 9.78 Å². The summed E-state index contributed by atoms with van der Waals surface area (Å²) >= 11 is 1.66. The summed E-state index contributed by atoms with van der Waals surface area (Å²) in [6.07, 6.45) is 4.80. The molecular formula is C13H14N2O3S. The Morgan fingerprint density at radius 3 is 3.11 bits per heavy atom. The van der Waals surface area contributed by atoms with Gasteiger partial charge in [-0.05, 0) is 36.6 Å². The SMILES string of the molecule is CC(OCn1ccc(/C=C/c2cccs2)n1)C(=O)O. The monoisotopic (exact) mass is 278 g/mol. The fraction of sp³-hybridized carbons (Fsp3) is 0.231. The van der Waals surface area contributed by atoms with Crippen molar-refractivity contribution in [3.8, 4) is 0 Å². The van der Waals surface area contributed by atoms with Gasteiger partial charge in [-0.3, -0.25) is 0 Å². The van der Waals surface area contributed by atoms with Crippen LogP contribution >= 0.6 is 11.3 Å². The van der Waals surface area contributed by atoms with E-state index in [-0.39, 0.29) is 6.73 Å². The van der Waals surface area contributed by atoms with E-state index in [1.165, 1.54) is 6.92 Å². The molecule has 0 saturated carbocycles. The predicted octanol–water partition coefficient (Wildman–Crippen LogP) is 2.56. The highest BCUT2D eigenvalue weighted by molar-refractivity contribution is 7.10. The summed E-state index contributed by atoms with van der Waals surface area (Å²) in [5.41, 5.74) is 0.806. The van der Waals surface area contributed by atoms with Gasteiger partial charge >= 0.3 is 5.97 Å². The molecule has 2 heterocycles. The quantitative estimate of drug-likeness (QED) is 0.882. The minimum Gasteiger partial charge on any atom is -0.479 e. The molecule has 0 radical (unpaired) electrons. The van der Waals surface area contributed by atoms with Gasteiger partial charge in [-0.15, -0.1) is 11.3 Å². The van der Waals surface area contributed by atoms with Crippen molar-refractivity contribution in [3.63, 3.8) is 0 Å². The van der Waals surface area contributed by atoms with Gasteiger partial charge in [-0.1, -0.05) is 6.07 Å². The molecule has 0 fully saturated rings. The Morgan fingerprint density at radius 1 is 1.58 bits per heavy atom. The van der Waals surface area contributed by atoms with Crippen LogP contribution in [-0.2, 0) is 16.3 Å². The number of thiophene rings is 1. The van der Waals surface area contributed by atoms with E-state index in [4.69, 9.17) is 9.84 Å². The molecule has 0 aromatic carbocycles. The molecule has 0 amide bonds. The number of carboxylic acid groups (broad SMARTS) is 1. The van der Waals surface area contributed by atoms with Crippen molar-refractivity contribution in [3.05, 3.63) is 40.3 Å². The van der Waals surface area contributed by atoms with Gasteiger partial charge in [0.05, 0.1) is 5.69 Å². The smallest absolute Gasteiger partial charge is 0.332 e. The van der Waals surface area contributed by atoms with E-state index in [2.05, 4.69) is 5.10 Å². The Morgan fingerprint density at radius 2 is 2.42 bits per heavy atom.